The molecule has 0 unspecified atom stereocenters. The zero-order valence-corrected chi connectivity index (χ0v) is 7.28. The normalized spacial score (nSPS) is 44.0. The predicted octanol–water partition coefficient (Wildman–Crippen LogP) is -4.28. The smallest absolute Gasteiger partial charge is 0.342 e. The van der Waals surface area contributed by atoms with E-state index in [1.165, 1.54) is 0 Å². The van der Waals surface area contributed by atoms with Gasteiger partial charge in [0, 0.05) is 0 Å². The van der Waals surface area contributed by atoms with Gasteiger partial charge >= 0.3 is 11.8 Å². The van der Waals surface area contributed by atoms with Crippen LogP contribution in [0.4, 0.5) is 4.39 Å². The number of aliphatic hydroxyl groups excluding tert-OH is 2. The molecule has 0 radical (unpaired) electrons. The van der Waals surface area contributed by atoms with Crippen LogP contribution in [0.3, 0.4) is 0 Å². The minimum Gasteiger partial charge on any atom is -0.394 e. The molecule has 1 heterocycles. The number of hydrogen-bond acceptors (Lipinski definition) is 8. The molecule has 0 aromatic rings. The molecule has 0 spiro atoms. The van der Waals surface area contributed by atoms with Crippen LogP contribution >= 0.6 is 0 Å². The van der Waals surface area contributed by atoms with Crippen molar-refractivity contribution in [2.45, 2.75) is 29.8 Å². The van der Waals surface area contributed by atoms with Crippen LogP contribution < -0.4 is 0 Å². The summed E-state index contributed by atoms with van der Waals surface area (Å²) in [5, 5.41) is 61.9. The van der Waals surface area contributed by atoms with Crippen LogP contribution in [0.15, 0.2) is 0 Å². The van der Waals surface area contributed by atoms with E-state index in [-0.39, 0.29) is 0 Å². The van der Waals surface area contributed by atoms with Crippen molar-refractivity contribution in [2.24, 2.45) is 0 Å². The Hall–Kier alpha value is -0.390. The van der Waals surface area contributed by atoms with Crippen LogP contribution in [-0.2, 0) is 4.74 Å². The molecule has 1 aliphatic heterocycles. The van der Waals surface area contributed by atoms with E-state index in [0.29, 0.717) is 0 Å². The highest BCUT2D eigenvalue weighted by Gasteiger charge is 2.73. The summed E-state index contributed by atoms with van der Waals surface area (Å²) in [5.74, 6) is -12.2. The standard InChI is InChI=1S/C6H11FO8/c7-4(10)3(9)2(1-8)15-6(13,14)5(4,11)12/h2-3,8-14H,1H2/t2-,3+,4-/m1/s1. The Morgan fingerprint density at radius 1 is 1.13 bits per heavy atom. The fraction of sp³-hybridized carbons (Fsp3) is 1.00. The molecule has 90 valence electrons. The molecule has 1 rings (SSSR count). The minimum atomic E-state index is -4.18. The van der Waals surface area contributed by atoms with Gasteiger partial charge in [-0.3, -0.25) is 0 Å². The Kier molecular flexibility index (Phi) is 2.79. The quantitative estimate of drug-likeness (QED) is 0.223. The van der Waals surface area contributed by atoms with Gasteiger partial charge in [-0.15, -0.1) is 0 Å². The van der Waals surface area contributed by atoms with Crippen molar-refractivity contribution in [3.8, 4) is 0 Å². The molecule has 0 saturated carbocycles. The van der Waals surface area contributed by atoms with E-state index in [2.05, 4.69) is 4.74 Å². The van der Waals surface area contributed by atoms with Crippen molar-refractivity contribution < 1.29 is 44.9 Å². The number of ether oxygens (including phenoxy) is 1. The summed E-state index contributed by atoms with van der Waals surface area (Å²) in [5.41, 5.74) is 0. The van der Waals surface area contributed by atoms with Gasteiger partial charge in [-0.05, 0) is 0 Å². The van der Waals surface area contributed by atoms with Crippen molar-refractivity contribution in [3.05, 3.63) is 0 Å². The van der Waals surface area contributed by atoms with Gasteiger partial charge in [-0.25, -0.2) is 4.39 Å². The largest absolute Gasteiger partial charge is 0.394 e. The van der Waals surface area contributed by atoms with Crippen LogP contribution in [0.25, 0.3) is 0 Å². The van der Waals surface area contributed by atoms with Gasteiger partial charge in [-0.2, -0.15) is 0 Å². The number of halogens is 1. The van der Waals surface area contributed by atoms with Crippen molar-refractivity contribution in [1.82, 2.24) is 0 Å². The van der Waals surface area contributed by atoms with E-state index in [1.54, 1.807) is 0 Å². The lowest BCUT2D eigenvalue weighted by atomic mass is 9.92. The molecule has 3 atom stereocenters. The lowest BCUT2D eigenvalue weighted by Gasteiger charge is -2.49. The second-order valence-corrected chi connectivity index (χ2v) is 3.24. The Bertz CT molecular complexity index is 252. The third-order valence-electron chi connectivity index (χ3n) is 2.18. The summed E-state index contributed by atoms with van der Waals surface area (Å²) in [7, 11) is 0. The van der Waals surface area contributed by atoms with E-state index >= 15 is 0 Å². The van der Waals surface area contributed by atoms with Gasteiger partial charge in [0.1, 0.15) is 12.2 Å². The van der Waals surface area contributed by atoms with Crippen LogP contribution in [0, 0.1) is 0 Å². The molecule has 8 nitrogen and oxygen atoms in total. The van der Waals surface area contributed by atoms with E-state index in [0.717, 1.165) is 0 Å². The minimum absolute atomic E-state index is 1.08. The molecule has 0 amide bonds. The summed E-state index contributed by atoms with van der Waals surface area (Å²) in [6.07, 6.45) is -4.49. The van der Waals surface area contributed by atoms with Crippen LogP contribution in [0.1, 0.15) is 0 Å². The SMILES string of the molecule is OC[C@H]1OC(O)(O)C(O)(O)[C@@](O)(F)[C@H]1O. The average Bonchev–Trinajstić information content (AvgIpc) is 2.10. The van der Waals surface area contributed by atoms with E-state index in [1.807, 2.05) is 0 Å². The van der Waals surface area contributed by atoms with Crippen LogP contribution in [-0.4, -0.2) is 72.2 Å². The van der Waals surface area contributed by atoms with Gasteiger partial charge in [-0.1, -0.05) is 0 Å². The van der Waals surface area contributed by atoms with Gasteiger partial charge in [0.2, 0.25) is 0 Å². The van der Waals surface area contributed by atoms with Crippen LogP contribution in [0.2, 0.25) is 0 Å². The first-order valence-electron chi connectivity index (χ1n) is 3.85. The topological polar surface area (TPSA) is 151 Å². The van der Waals surface area contributed by atoms with Gasteiger partial charge in [0.05, 0.1) is 6.61 Å². The van der Waals surface area contributed by atoms with Gasteiger partial charge in [0.25, 0.3) is 5.85 Å². The second kappa shape index (κ2) is 3.30. The van der Waals surface area contributed by atoms with Crippen molar-refractivity contribution in [3.63, 3.8) is 0 Å². The third-order valence-corrected chi connectivity index (χ3v) is 2.18. The van der Waals surface area contributed by atoms with E-state index in [4.69, 9.17) is 35.7 Å². The lowest BCUT2D eigenvalue weighted by molar-refractivity contribution is -0.552. The second-order valence-electron chi connectivity index (χ2n) is 3.24. The summed E-state index contributed by atoms with van der Waals surface area (Å²) in [6.45, 7) is -1.08. The Labute approximate surface area is 82.4 Å². The highest BCUT2D eigenvalue weighted by atomic mass is 19.2. The first-order valence-corrected chi connectivity index (χ1v) is 3.85. The number of alkyl halides is 1. The van der Waals surface area contributed by atoms with Gasteiger partial charge in [0.15, 0.2) is 0 Å². The summed E-state index contributed by atoms with van der Waals surface area (Å²) in [6, 6.07) is 0. The maximum absolute atomic E-state index is 13.3. The molecule has 0 aromatic carbocycles. The summed E-state index contributed by atoms with van der Waals surface area (Å²) < 4.78 is 17.3. The first kappa shape index (κ1) is 12.7. The van der Waals surface area contributed by atoms with Crippen molar-refractivity contribution in [1.29, 1.82) is 0 Å². The molecular formula is C6H11FO8. The maximum Gasteiger partial charge on any atom is 0.342 e. The van der Waals surface area contributed by atoms with Crippen LogP contribution in [0.5, 0.6) is 0 Å². The lowest BCUT2D eigenvalue weighted by Crippen LogP contribution is -2.78. The molecule has 9 heteroatoms. The number of rotatable bonds is 1. The third kappa shape index (κ3) is 1.53. The molecule has 1 fully saturated rings. The Morgan fingerprint density at radius 2 is 1.60 bits per heavy atom. The molecule has 0 aliphatic carbocycles. The maximum atomic E-state index is 13.3. The highest BCUT2D eigenvalue weighted by molar-refractivity contribution is 5.01. The Morgan fingerprint density at radius 3 is 2.00 bits per heavy atom. The van der Waals surface area contributed by atoms with Crippen molar-refractivity contribution in [2.75, 3.05) is 6.61 Å². The summed E-state index contributed by atoms with van der Waals surface area (Å²) >= 11 is 0. The molecule has 15 heavy (non-hydrogen) atoms. The monoisotopic (exact) mass is 230 g/mol. The number of aliphatic hydroxyl groups is 7. The van der Waals surface area contributed by atoms with E-state index < -0.39 is 36.4 Å². The molecule has 1 saturated heterocycles. The fourth-order valence-electron chi connectivity index (χ4n) is 1.18. The predicted molar refractivity (Wildman–Crippen MR) is 38.4 cm³/mol. The fourth-order valence-corrected chi connectivity index (χ4v) is 1.18. The van der Waals surface area contributed by atoms with Crippen molar-refractivity contribution >= 4 is 0 Å². The Balaban J connectivity index is 3.14. The highest BCUT2D eigenvalue weighted by Crippen LogP contribution is 2.41. The summed E-state index contributed by atoms with van der Waals surface area (Å²) in [4.78, 5) is 0. The first-order chi connectivity index (χ1) is 6.58. The van der Waals surface area contributed by atoms with Gasteiger partial charge < -0.3 is 40.5 Å². The van der Waals surface area contributed by atoms with E-state index in [9.17, 15) is 4.39 Å². The molecule has 7 N–H and O–H groups in total. The molecule has 1 aliphatic rings. The molecular weight excluding hydrogens is 219 g/mol. The number of hydrogen-bond donors (Lipinski definition) is 7. The average molecular weight is 230 g/mol. The molecule has 0 aromatic heterocycles. The zero-order chi connectivity index (χ0) is 12.1. The molecule has 0 bridgehead atoms. The zero-order valence-electron chi connectivity index (χ0n) is 7.28.